The van der Waals surface area contributed by atoms with Gasteiger partial charge in [0.1, 0.15) is 0 Å². The first-order valence-electron chi connectivity index (χ1n) is 3.12. The highest BCUT2D eigenvalue weighted by Gasteiger charge is 2.09. The fourth-order valence-corrected chi connectivity index (χ4v) is 0.489. The average molecular weight is 173 g/mol. The Bertz CT molecular complexity index is 192. The van der Waals surface area contributed by atoms with E-state index in [0.29, 0.717) is 0 Å². The molecule has 0 bridgehead atoms. The van der Waals surface area contributed by atoms with Crippen LogP contribution in [0.1, 0.15) is 13.8 Å². The summed E-state index contributed by atoms with van der Waals surface area (Å²) >= 11 is 0. The molecule has 0 heterocycles. The highest BCUT2D eigenvalue weighted by atomic mass is 16.7. The quantitative estimate of drug-likeness (QED) is 0.208. The predicted octanol–water partition coefficient (Wildman–Crippen LogP) is 0.106. The Hall–Kier alpha value is -1.59. The van der Waals surface area contributed by atoms with Crippen molar-refractivity contribution in [2.75, 3.05) is 0 Å². The Labute approximate surface area is 69.3 Å². The predicted molar refractivity (Wildman–Crippen MR) is 38.6 cm³/mol. The van der Waals surface area contributed by atoms with Crippen LogP contribution in [0.4, 0.5) is 4.79 Å². The smallest absolute Gasteiger partial charge is 0.415 e. The highest BCUT2D eigenvalue weighted by Crippen LogP contribution is 1.93. The van der Waals surface area contributed by atoms with E-state index in [2.05, 4.69) is 9.47 Å². The van der Waals surface area contributed by atoms with Crippen molar-refractivity contribution in [2.24, 2.45) is 0 Å². The fourth-order valence-electron chi connectivity index (χ4n) is 0.489. The molecule has 0 aliphatic carbocycles. The normalized spacial score (nSPS) is 11.2. The Morgan fingerprint density at radius 3 is 2.50 bits per heavy atom. The second-order valence-corrected chi connectivity index (χ2v) is 1.83. The molecule has 12 heavy (non-hydrogen) atoms. The molecule has 1 atom stereocenters. The van der Waals surface area contributed by atoms with Gasteiger partial charge in [0.05, 0.1) is 0 Å². The molecule has 2 N–H and O–H groups in total. The number of amides is 1. The monoisotopic (exact) mass is 173 g/mol. The van der Waals surface area contributed by atoms with Gasteiger partial charge in [0.15, 0.2) is 6.34 Å². The van der Waals surface area contributed by atoms with Crippen LogP contribution in [-0.4, -0.2) is 24.7 Å². The van der Waals surface area contributed by atoms with Gasteiger partial charge in [-0.15, -0.1) is 0 Å². The Kier molecular flexibility index (Phi) is 4.43. The van der Waals surface area contributed by atoms with Gasteiger partial charge in [-0.05, 0) is 0 Å². The lowest BCUT2D eigenvalue weighted by Crippen LogP contribution is -2.28. The summed E-state index contributed by atoms with van der Waals surface area (Å²) < 4.78 is 8.88. The minimum atomic E-state index is -0.962. The van der Waals surface area contributed by atoms with Crippen LogP contribution in [0.5, 0.6) is 0 Å². The third-order valence-corrected chi connectivity index (χ3v) is 0.769. The van der Waals surface area contributed by atoms with E-state index in [-0.39, 0.29) is 0 Å². The molecule has 0 aromatic heterocycles. The molecule has 0 saturated carbocycles. The highest BCUT2D eigenvalue weighted by molar-refractivity contribution is 5.80. The lowest BCUT2D eigenvalue weighted by Gasteiger charge is -2.11. The van der Waals surface area contributed by atoms with Gasteiger partial charge in [0, 0.05) is 13.8 Å². The van der Waals surface area contributed by atoms with Crippen molar-refractivity contribution in [3.05, 3.63) is 0 Å². The molecule has 0 aliphatic rings. The third kappa shape index (κ3) is 5.21. The van der Waals surface area contributed by atoms with Crippen molar-refractivity contribution in [1.82, 2.24) is 5.32 Å². The van der Waals surface area contributed by atoms with Crippen molar-refractivity contribution < 1.29 is 19.1 Å². The van der Waals surface area contributed by atoms with E-state index in [1.165, 1.54) is 13.8 Å². The van der Waals surface area contributed by atoms with E-state index in [1.54, 1.807) is 6.34 Å². The number of alkyl carbamates (subject to hydrolysis) is 1. The molecule has 1 unspecified atom stereocenters. The molecule has 0 fully saturated rings. The number of hydrogen-bond donors (Lipinski definition) is 2. The molecule has 1 amide bonds. The SMILES string of the molecule is CC(=O)OC(C)OC(=O)N[C]=N. The summed E-state index contributed by atoms with van der Waals surface area (Å²) in [5, 5.41) is 8.16. The van der Waals surface area contributed by atoms with Gasteiger partial charge >= 0.3 is 12.1 Å². The second-order valence-electron chi connectivity index (χ2n) is 1.83. The topological polar surface area (TPSA) is 88.5 Å². The van der Waals surface area contributed by atoms with Gasteiger partial charge in [0.25, 0.3) is 0 Å². The van der Waals surface area contributed by atoms with Crippen molar-refractivity contribution in [2.45, 2.75) is 20.1 Å². The van der Waals surface area contributed by atoms with Gasteiger partial charge in [-0.3, -0.25) is 15.5 Å². The van der Waals surface area contributed by atoms with E-state index in [1.807, 2.05) is 5.32 Å². The first-order valence-corrected chi connectivity index (χ1v) is 3.12. The summed E-state index contributed by atoms with van der Waals surface area (Å²) in [6.45, 7) is 2.57. The zero-order valence-corrected chi connectivity index (χ0v) is 6.71. The van der Waals surface area contributed by atoms with Crippen LogP contribution in [-0.2, 0) is 14.3 Å². The third-order valence-electron chi connectivity index (χ3n) is 0.769. The first-order chi connectivity index (χ1) is 5.56. The maximum atomic E-state index is 10.5. The van der Waals surface area contributed by atoms with Crippen LogP contribution in [0.3, 0.4) is 0 Å². The number of carbonyl (C=O) groups excluding carboxylic acids is 2. The summed E-state index contributed by atoms with van der Waals surface area (Å²) in [4.78, 5) is 20.8. The van der Waals surface area contributed by atoms with Gasteiger partial charge in [-0.2, -0.15) is 0 Å². The zero-order valence-electron chi connectivity index (χ0n) is 6.71. The van der Waals surface area contributed by atoms with Crippen molar-refractivity contribution in [3.63, 3.8) is 0 Å². The molecule has 0 aromatic carbocycles. The summed E-state index contributed by atoms with van der Waals surface area (Å²) in [5.74, 6) is -0.547. The van der Waals surface area contributed by atoms with E-state index in [9.17, 15) is 9.59 Å². The van der Waals surface area contributed by atoms with Gasteiger partial charge in [-0.1, -0.05) is 0 Å². The Balaban J connectivity index is 3.67. The number of esters is 1. The van der Waals surface area contributed by atoms with Crippen molar-refractivity contribution >= 4 is 18.4 Å². The molecule has 6 nitrogen and oxygen atoms in total. The molecule has 0 saturated heterocycles. The van der Waals surface area contributed by atoms with Crippen LogP contribution in [0, 0.1) is 5.41 Å². The molecular formula is C6H9N2O4. The van der Waals surface area contributed by atoms with Crippen LogP contribution in [0.25, 0.3) is 0 Å². The average Bonchev–Trinajstić information content (AvgIpc) is 1.84. The number of hydrogen-bond acceptors (Lipinski definition) is 5. The minimum Gasteiger partial charge on any atom is -0.426 e. The maximum Gasteiger partial charge on any atom is 0.415 e. The zero-order chi connectivity index (χ0) is 9.56. The van der Waals surface area contributed by atoms with Crippen LogP contribution in [0.15, 0.2) is 0 Å². The van der Waals surface area contributed by atoms with E-state index in [0.717, 1.165) is 0 Å². The Morgan fingerprint density at radius 2 is 2.08 bits per heavy atom. The van der Waals surface area contributed by atoms with E-state index >= 15 is 0 Å². The molecular weight excluding hydrogens is 164 g/mol. The van der Waals surface area contributed by atoms with Crippen molar-refractivity contribution in [1.29, 1.82) is 5.41 Å². The molecule has 1 radical (unpaired) electrons. The van der Waals surface area contributed by atoms with Crippen LogP contribution < -0.4 is 5.32 Å². The fraction of sp³-hybridized carbons (Fsp3) is 0.500. The standard InChI is InChI=1S/C6H9N2O4/c1-4(9)11-5(2)12-6(10)8-3-7/h5H,1-2H3,(H2,7,8,10). The molecule has 67 valence electrons. The molecule has 6 heteroatoms. The summed E-state index contributed by atoms with van der Waals surface area (Å²) in [6.07, 6.45) is -0.241. The number of ether oxygens (including phenoxy) is 2. The van der Waals surface area contributed by atoms with Crippen molar-refractivity contribution in [3.8, 4) is 0 Å². The second kappa shape index (κ2) is 5.11. The maximum absolute atomic E-state index is 10.5. The summed E-state index contributed by atoms with van der Waals surface area (Å²) in [5.41, 5.74) is 0. The Morgan fingerprint density at radius 1 is 1.50 bits per heavy atom. The lowest BCUT2D eigenvalue weighted by molar-refractivity contribution is -0.161. The largest absolute Gasteiger partial charge is 0.426 e. The first kappa shape index (κ1) is 10.4. The summed E-state index contributed by atoms with van der Waals surface area (Å²) in [7, 11) is 0. The lowest BCUT2D eigenvalue weighted by atomic mass is 10.7. The van der Waals surface area contributed by atoms with Crippen LogP contribution in [0.2, 0.25) is 0 Å². The molecule has 0 rings (SSSR count). The number of carbonyl (C=O) groups is 2. The van der Waals surface area contributed by atoms with Gasteiger partial charge in [0.2, 0.25) is 6.29 Å². The molecule has 0 aliphatic heterocycles. The minimum absolute atomic E-state index is 0.547. The summed E-state index contributed by atoms with van der Waals surface area (Å²) in [6, 6.07) is 0. The van der Waals surface area contributed by atoms with Gasteiger partial charge < -0.3 is 9.47 Å². The number of rotatable bonds is 3. The van der Waals surface area contributed by atoms with Crippen LogP contribution >= 0.6 is 0 Å². The molecule has 0 spiro atoms. The van der Waals surface area contributed by atoms with Gasteiger partial charge in [-0.25, -0.2) is 4.79 Å². The number of nitrogens with one attached hydrogen (secondary N) is 2. The van der Waals surface area contributed by atoms with E-state index in [4.69, 9.17) is 5.41 Å². The van der Waals surface area contributed by atoms with E-state index < -0.39 is 18.4 Å². The molecule has 0 aromatic rings.